The van der Waals surface area contributed by atoms with Gasteiger partial charge in [-0.2, -0.15) is 0 Å². The minimum Gasteiger partial charge on any atom is -0.392 e. The summed E-state index contributed by atoms with van der Waals surface area (Å²) in [6, 6.07) is 8.25. The Hall–Kier alpha value is -1.94. The Morgan fingerprint density at radius 2 is 2.00 bits per heavy atom. The second-order valence-corrected chi connectivity index (χ2v) is 8.19. The van der Waals surface area contributed by atoms with E-state index in [4.69, 9.17) is 11.6 Å². The third-order valence-corrected chi connectivity index (χ3v) is 6.31. The van der Waals surface area contributed by atoms with Crippen molar-refractivity contribution in [1.29, 1.82) is 0 Å². The van der Waals surface area contributed by atoms with Crippen molar-refractivity contribution >= 4 is 54.1 Å². The van der Waals surface area contributed by atoms with Crippen molar-refractivity contribution in [3.63, 3.8) is 0 Å². The predicted octanol–water partition coefficient (Wildman–Crippen LogP) is 3.69. The molecule has 0 spiro atoms. The topological polar surface area (TPSA) is 102 Å². The number of aromatic nitrogens is 1. The molecule has 10 heteroatoms. The Balaban J connectivity index is 2.29. The highest BCUT2D eigenvalue weighted by molar-refractivity contribution is 9.10. The molecule has 2 aromatic carbocycles. The number of nitrogens with zero attached hydrogens (tertiary/aromatic N) is 2. The van der Waals surface area contributed by atoms with Crippen LogP contribution in [-0.2, 0) is 16.6 Å². The molecule has 0 aliphatic heterocycles. The summed E-state index contributed by atoms with van der Waals surface area (Å²) in [5, 5.41) is 21.0. The first kappa shape index (κ1) is 17.9. The third kappa shape index (κ3) is 2.93. The Bertz CT molecular complexity index is 1110. The molecule has 0 fully saturated rings. The second-order valence-electron chi connectivity index (χ2n) is 5.12. The molecular weight excluding hydrogens is 436 g/mol. The fraction of sp³-hybridized carbons (Fsp3) is 0.0667. The van der Waals surface area contributed by atoms with Crippen LogP contribution < -0.4 is 0 Å². The van der Waals surface area contributed by atoms with Crippen molar-refractivity contribution in [1.82, 2.24) is 3.97 Å². The van der Waals surface area contributed by atoms with Crippen LogP contribution in [-0.4, -0.2) is 22.4 Å². The first-order valence-corrected chi connectivity index (χ1v) is 9.47. The van der Waals surface area contributed by atoms with Crippen LogP contribution in [0.2, 0.25) is 5.02 Å². The lowest BCUT2D eigenvalue weighted by atomic mass is 10.2. The number of nitro groups is 1. The average molecular weight is 446 g/mol. The van der Waals surface area contributed by atoms with Crippen LogP contribution in [0.1, 0.15) is 5.56 Å². The largest absolute Gasteiger partial charge is 0.392 e. The van der Waals surface area contributed by atoms with Crippen molar-refractivity contribution in [3.8, 4) is 0 Å². The molecule has 0 aliphatic carbocycles. The van der Waals surface area contributed by atoms with E-state index >= 15 is 0 Å². The SMILES string of the molecule is O=[N+]([O-])c1cc(S(=O)(=O)n2cc(CO)c3c(Br)cccc32)ccc1Cl. The zero-order valence-corrected chi connectivity index (χ0v) is 15.5. The summed E-state index contributed by atoms with van der Waals surface area (Å²) in [7, 11) is -4.12. The second kappa shape index (κ2) is 6.41. The van der Waals surface area contributed by atoms with E-state index in [0.717, 1.165) is 10.0 Å². The molecular formula is C15H10BrClN2O5S. The molecule has 1 heterocycles. The molecule has 3 aromatic rings. The van der Waals surface area contributed by atoms with Gasteiger partial charge in [0.25, 0.3) is 15.7 Å². The molecule has 25 heavy (non-hydrogen) atoms. The van der Waals surface area contributed by atoms with E-state index in [2.05, 4.69) is 15.9 Å². The Labute approximate surface area is 155 Å². The van der Waals surface area contributed by atoms with Crippen LogP contribution in [0.25, 0.3) is 10.9 Å². The maximum Gasteiger partial charge on any atom is 0.289 e. The summed E-state index contributed by atoms with van der Waals surface area (Å²) in [5.74, 6) is 0. The van der Waals surface area contributed by atoms with Gasteiger partial charge in [-0.05, 0) is 24.3 Å². The highest BCUT2D eigenvalue weighted by Gasteiger charge is 2.25. The summed E-state index contributed by atoms with van der Waals surface area (Å²) < 4.78 is 27.6. The summed E-state index contributed by atoms with van der Waals surface area (Å²) in [6.45, 7) is -0.359. The monoisotopic (exact) mass is 444 g/mol. The van der Waals surface area contributed by atoms with Crippen molar-refractivity contribution in [2.45, 2.75) is 11.5 Å². The number of aliphatic hydroxyl groups excluding tert-OH is 1. The highest BCUT2D eigenvalue weighted by atomic mass is 79.9. The quantitative estimate of drug-likeness (QED) is 0.487. The number of rotatable bonds is 4. The predicted molar refractivity (Wildman–Crippen MR) is 96.3 cm³/mol. The third-order valence-electron chi connectivity index (χ3n) is 3.66. The van der Waals surface area contributed by atoms with Gasteiger partial charge in [0, 0.05) is 27.7 Å². The molecule has 0 radical (unpaired) electrons. The lowest BCUT2D eigenvalue weighted by Crippen LogP contribution is -2.12. The number of aliphatic hydroxyl groups is 1. The van der Waals surface area contributed by atoms with Crippen molar-refractivity contribution in [2.24, 2.45) is 0 Å². The Morgan fingerprint density at radius 3 is 2.64 bits per heavy atom. The zero-order valence-electron chi connectivity index (χ0n) is 12.4. The Morgan fingerprint density at radius 1 is 1.28 bits per heavy atom. The average Bonchev–Trinajstić information content (AvgIpc) is 2.95. The summed E-state index contributed by atoms with van der Waals surface area (Å²) in [6.07, 6.45) is 1.30. The van der Waals surface area contributed by atoms with Gasteiger partial charge in [0.15, 0.2) is 0 Å². The maximum absolute atomic E-state index is 13.0. The molecule has 1 N–H and O–H groups in total. The number of benzene rings is 2. The fourth-order valence-electron chi connectivity index (χ4n) is 2.52. The van der Waals surface area contributed by atoms with Crippen LogP contribution in [0.4, 0.5) is 5.69 Å². The van der Waals surface area contributed by atoms with Crippen molar-refractivity contribution in [2.75, 3.05) is 0 Å². The molecule has 0 atom stereocenters. The molecule has 0 unspecified atom stereocenters. The van der Waals surface area contributed by atoms with Crippen LogP contribution in [0, 0.1) is 10.1 Å². The molecule has 7 nitrogen and oxygen atoms in total. The van der Waals surface area contributed by atoms with Gasteiger partial charge in [-0.1, -0.05) is 33.6 Å². The standard InChI is InChI=1S/C15H10BrClN2O5S/c16-11-2-1-3-13-15(11)9(8-20)7-18(13)25(23,24)10-4-5-12(17)14(6-10)19(21)22/h1-7,20H,8H2. The molecule has 0 aliphatic rings. The van der Waals surface area contributed by atoms with Crippen molar-refractivity contribution < 1.29 is 18.4 Å². The number of halogens is 2. The van der Waals surface area contributed by atoms with Gasteiger partial charge < -0.3 is 5.11 Å². The maximum atomic E-state index is 13.0. The summed E-state index contributed by atoms with van der Waals surface area (Å²) in [5.41, 5.74) is 0.258. The van der Waals surface area contributed by atoms with E-state index in [1.54, 1.807) is 18.2 Å². The van der Waals surface area contributed by atoms with E-state index in [1.165, 1.54) is 18.3 Å². The molecule has 3 rings (SSSR count). The summed E-state index contributed by atoms with van der Waals surface area (Å²) in [4.78, 5) is 10.0. The van der Waals surface area contributed by atoms with Gasteiger partial charge in [0.1, 0.15) is 5.02 Å². The molecule has 0 saturated carbocycles. The smallest absolute Gasteiger partial charge is 0.289 e. The lowest BCUT2D eigenvalue weighted by molar-refractivity contribution is -0.384. The van der Waals surface area contributed by atoms with Gasteiger partial charge in [0.05, 0.1) is 21.9 Å². The van der Waals surface area contributed by atoms with E-state index in [-0.39, 0.29) is 16.5 Å². The Kier molecular flexibility index (Phi) is 4.58. The van der Waals surface area contributed by atoms with Gasteiger partial charge in [-0.15, -0.1) is 0 Å². The van der Waals surface area contributed by atoms with Gasteiger partial charge >= 0.3 is 0 Å². The minimum absolute atomic E-state index is 0.153. The summed E-state index contributed by atoms with van der Waals surface area (Å²) >= 11 is 9.09. The van der Waals surface area contributed by atoms with Crippen LogP contribution in [0.5, 0.6) is 0 Å². The van der Waals surface area contributed by atoms with E-state index in [9.17, 15) is 23.6 Å². The number of fused-ring (bicyclic) bond motifs is 1. The van der Waals surface area contributed by atoms with Crippen LogP contribution in [0.3, 0.4) is 0 Å². The molecule has 0 amide bonds. The molecule has 0 saturated heterocycles. The van der Waals surface area contributed by atoms with E-state index in [0.29, 0.717) is 20.9 Å². The van der Waals surface area contributed by atoms with Gasteiger partial charge in [0.2, 0.25) is 0 Å². The van der Waals surface area contributed by atoms with Gasteiger partial charge in [-0.25, -0.2) is 12.4 Å². The zero-order chi connectivity index (χ0) is 18.4. The fourth-order valence-corrected chi connectivity index (χ4v) is 4.72. The molecule has 0 bridgehead atoms. The van der Waals surface area contributed by atoms with Crippen LogP contribution >= 0.6 is 27.5 Å². The first-order valence-electron chi connectivity index (χ1n) is 6.86. The first-order chi connectivity index (χ1) is 11.8. The molecule has 1 aromatic heterocycles. The number of hydrogen-bond acceptors (Lipinski definition) is 5. The highest BCUT2D eigenvalue weighted by Crippen LogP contribution is 2.33. The normalized spacial score (nSPS) is 11.8. The number of hydrogen-bond donors (Lipinski definition) is 1. The number of nitro benzene ring substituents is 1. The minimum atomic E-state index is -4.12. The van der Waals surface area contributed by atoms with Crippen LogP contribution in [0.15, 0.2) is 52.0 Å². The van der Waals surface area contributed by atoms with E-state index < -0.39 is 20.6 Å². The molecule has 130 valence electrons. The van der Waals surface area contributed by atoms with Gasteiger partial charge in [-0.3, -0.25) is 10.1 Å². The lowest BCUT2D eigenvalue weighted by Gasteiger charge is -2.08. The van der Waals surface area contributed by atoms with Crippen molar-refractivity contribution in [3.05, 3.63) is 67.8 Å². The van der Waals surface area contributed by atoms with E-state index in [1.807, 2.05) is 0 Å².